The van der Waals surface area contributed by atoms with Crippen molar-refractivity contribution in [3.8, 4) is 0 Å². The molecule has 0 atom stereocenters. The summed E-state index contributed by atoms with van der Waals surface area (Å²) in [5.74, 6) is 5.40. The number of nitrogen functional groups attached to an aromatic ring is 1. The number of rotatable bonds is 5. The summed E-state index contributed by atoms with van der Waals surface area (Å²) < 4.78 is 27.1. The molecule has 1 aromatic carbocycles. The van der Waals surface area contributed by atoms with Crippen LogP contribution in [0.15, 0.2) is 47.6 Å². The quantitative estimate of drug-likeness (QED) is 0.650. The van der Waals surface area contributed by atoms with E-state index in [1.807, 2.05) is 25.1 Å². The zero-order chi connectivity index (χ0) is 15.5. The van der Waals surface area contributed by atoms with Gasteiger partial charge in [0.15, 0.2) is 0 Å². The molecule has 1 heterocycles. The number of pyridine rings is 1. The third kappa shape index (κ3) is 2.84. The number of para-hydroxylation sites is 1. The number of nitrogens with one attached hydrogen (secondary N) is 1. The molecule has 0 unspecified atom stereocenters. The summed E-state index contributed by atoms with van der Waals surface area (Å²) in [6, 6.07) is 8.86. The summed E-state index contributed by atoms with van der Waals surface area (Å²) in [7, 11) is -3.74. The van der Waals surface area contributed by atoms with Crippen molar-refractivity contribution in [1.29, 1.82) is 0 Å². The third-order valence-corrected chi connectivity index (χ3v) is 5.10. The summed E-state index contributed by atoms with van der Waals surface area (Å²) in [6.07, 6.45) is 2.78. The third-order valence-electron chi connectivity index (χ3n) is 3.18. The monoisotopic (exact) mass is 306 g/mol. The van der Waals surface area contributed by atoms with Crippen molar-refractivity contribution in [3.63, 3.8) is 0 Å². The maximum atomic E-state index is 12.9. The van der Waals surface area contributed by atoms with E-state index >= 15 is 0 Å². The molecule has 0 fully saturated rings. The van der Waals surface area contributed by atoms with E-state index in [1.165, 1.54) is 22.8 Å². The zero-order valence-corrected chi connectivity index (χ0v) is 12.8. The maximum absolute atomic E-state index is 12.9. The number of aryl methyl sites for hydroxylation is 1. The van der Waals surface area contributed by atoms with Gasteiger partial charge in [0.25, 0.3) is 10.0 Å². The normalized spacial score (nSPS) is 11.2. The molecule has 6 nitrogen and oxygen atoms in total. The summed E-state index contributed by atoms with van der Waals surface area (Å²) in [4.78, 5) is 3.94. The number of hydrazine groups is 1. The van der Waals surface area contributed by atoms with E-state index in [4.69, 9.17) is 5.84 Å². The second-order valence-electron chi connectivity index (χ2n) is 4.47. The van der Waals surface area contributed by atoms with Crippen molar-refractivity contribution < 1.29 is 8.42 Å². The van der Waals surface area contributed by atoms with E-state index in [0.29, 0.717) is 17.9 Å². The number of anilines is 2. The summed E-state index contributed by atoms with van der Waals surface area (Å²) >= 11 is 0. The minimum Gasteiger partial charge on any atom is -0.323 e. The first-order valence-corrected chi connectivity index (χ1v) is 7.95. The Labute approximate surface area is 124 Å². The first-order chi connectivity index (χ1) is 10.0. The highest BCUT2D eigenvalue weighted by atomic mass is 32.2. The van der Waals surface area contributed by atoms with Crippen LogP contribution in [-0.2, 0) is 10.0 Å². The molecule has 2 rings (SSSR count). The first-order valence-electron chi connectivity index (χ1n) is 6.51. The second-order valence-corrected chi connectivity index (χ2v) is 6.30. The predicted molar refractivity (Wildman–Crippen MR) is 83.4 cm³/mol. The molecule has 0 aliphatic carbocycles. The summed E-state index contributed by atoms with van der Waals surface area (Å²) in [6.45, 7) is 3.97. The van der Waals surface area contributed by atoms with E-state index in [9.17, 15) is 8.42 Å². The molecule has 21 heavy (non-hydrogen) atoms. The Bertz CT molecular complexity index is 731. The van der Waals surface area contributed by atoms with Crippen LogP contribution < -0.4 is 15.6 Å². The molecular weight excluding hydrogens is 288 g/mol. The highest BCUT2D eigenvalue weighted by Crippen LogP contribution is 2.29. The molecule has 112 valence electrons. The number of hydrogen-bond donors (Lipinski definition) is 2. The van der Waals surface area contributed by atoms with E-state index < -0.39 is 10.0 Å². The van der Waals surface area contributed by atoms with E-state index in [0.717, 1.165) is 5.56 Å². The van der Waals surface area contributed by atoms with Gasteiger partial charge in [-0.1, -0.05) is 18.2 Å². The Balaban J connectivity index is 2.58. The fraction of sp³-hybridized carbons (Fsp3) is 0.214. The van der Waals surface area contributed by atoms with Crippen LogP contribution in [0, 0.1) is 6.92 Å². The Morgan fingerprint density at radius 2 is 2.00 bits per heavy atom. The number of aromatic nitrogens is 1. The average molecular weight is 306 g/mol. The second kappa shape index (κ2) is 6.11. The topological polar surface area (TPSA) is 88.3 Å². The molecule has 0 aliphatic heterocycles. The Morgan fingerprint density at radius 1 is 1.29 bits per heavy atom. The minimum absolute atomic E-state index is 0.0533. The van der Waals surface area contributed by atoms with Crippen LogP contribution in [0.2, 0.25) is 0 Å². The van der Waals surface area contributed by atoms with Gasteiger partial charge in [-0.15, -0.1) is 0 Å². The molecule has 2 aromatic rings. The van der Waals surface area contributed by atoms with Crippen LogP contribution >= 0.6 is 0 Å². The maximum Gasteiger partial charge on any atom is 0.267 e. The Kier molecular flexibility index (Phi) is 4.44. The van der Waals surface area contributed by atoms with Gasteiger partial charge >= 0.3 is 0 Å². The molecule has 0 spiro atoms. The van der Waals surface area contributed by atoms with Gasteiger partial charge < -0.3 is 5.43 Å². The number of benzene rings is 1. The summed E-state index contributed by atoms with van der Waals surface area (Å²) in [5, 5.41) is 0. The molecule has 1 aromatic heterocycles. The molecule has 0 radical (unpaired) electrons. The molecule has 0 bridgehead atoms. The van der Waals surface area contributed by atoms with Crippen molar-refractivity contribution in [2.75, 3.05) is 16.3 Å². The van der Waals surface area contributed by atoms with Crippen molar-refractivity contribution in [3.05, 3.63) is 48.3 Å². The Hall–Kier alpha value is -2.12. The minimum atomic E-state index is -3.74. The summed E-state index contributed by atoms with van der Waals surface area (Å²) in [5.41, 5.74) is 4.25. The number of sulfonamides is 1. The molecule has 3 N–H and O–H groups in total. The van der Waals surface area contributed by atoms with Crippen LogP contribution in [-0.4, -0.2) is 19.9 Å². The van der Waals surface area contributed by atoms with E-state index in [2.05, 4.69) is 10.4 Å². The Morgan fingerprint density at radius 3 is 2.62 bits per heavy atom. The number of nitrogens with zero attached hydrogens (tertiary/aromatic N) is 2. The lowest BCUT2D eigenvalue weighted by atomic mass is 10.2. The SMILES string of the molecule is CCN(c1ccccc1C)S(=O)(=O)c1cnccc1NN. The van der Waals surface area contributed by atoms with Gasteiger partial charge in [-0.2, -0.15) is 0 Å². The van der Waals surface area contributed by atoms with Crippen LogP contribution in [0.1, 0.15) is 12.5 Å². The molecule has 0 aliphatic rings. The van der Waals surface area contributed by atoms with Gasteiger partial charge in [0, 0.05) is 18.9 Å². The van der Waals surface area contributed by atoms with Crippen LogP contribution in [0.5, 0.6) is 0 Å². The average Bonchev–Trinajstić information content (AvgIpc) is 2.49. The smallest absolute Gasteiger partial charge is 0.267 e. The van der Waals surface area contributed by atoms with Gasteiger partial charge in [-0.3, -0.25) is 15.1 Å². The number of hydrogen-bond acceptors (Lipinski definition) is 5. The van der Waals surface area contributed by atoms with Gasteiger partial charge in [0.1, 0.15) is 4.90 Å². The van der Waals surface area contributed by atoms with Gasteiger partial charge in [-0.25, -0.2) is 8.42 Å². The molecule has 0 saturated heterocycles. The first kappa shape index (κ1) is 15.3. The molecule has 0 saturated carbocycles. The van der Waals surface area contributed by atoms with Crippen molar-refractivity contribution in [1.82, 2.24) is 4.98 Å². The van der Waals surface area contributed by atoms with Crippen molar-refractivity contribution in [2.45, 2.75) is 18.7 Å². The lowest BCUT2D eigenvalue weighted by Gasteiger charge is -2.25. The van der Waals surface area contributed by atoms with Crippen LogP contribution in [0.4, 0.5) is 11.4 Å². The standard InChI is InChI=1S/C14H18N4O2S/c1-3-18(13-7-5-4-6-11(13)2)21(19,20)14-10-16-9-8-12(14)17-15/h4-10H,3,15H2,1-2H3,(H,16,17). The highest BCUT2D eigenvalue weighted by Gasteiger charge is 2.27. The zero-order valence-electron chi connectivity index (χ0n) is 11.9. The van der Waals surface area contributed by atoms with E-state index in [1.54, 1.807) is 13.0 Å². The molecular formula is C14H18N4O2S. The van der Waals surface area contributed by atoms with Gasteiger partial charge in [-0.05, 0) is 31.5 Å². The fourth-order valence-corrected chi connectivity index (χ4v) is 3.78. The lowest BCUT2D eigenvalue weighted by molar-refractivity contribution is 0.591. The van der Waals surface area contributed by atoms with Gasteiger partial charge in [0.05, 0.1) is 11.4 Å². The fourth-order valence-electron chi connectivity index (χ4n) is 2.14. The van der Waals surface area contributed by atoms with Crippen molar-refractivity contribution >= 4 is 21.4 Å². The highest BCUT2D eigenvalue weighted by molar-refractivity contribution is 7.93. The van der Waals surface area contributed by atoms with Crippen molar-refractivity contribution in [2.24, 2.45) is 5.84 Å². The number of nitrogens with two attached hydrogens (primary N) is 1. The predicted octanol–water partition coefficient (Wildman–Crippen LogP) is 1.89. The van der Waals surface area contributed by atoms with Crippen LogP contribution in [0.3, 0.4) is 0 Å². The largest absolute Gasteiger partial charge is 0.323 e. The lowest BCUT2D eigenvalue weighted by Crippen LogP contribution is -2.32. The molecule has 7 heteroatoms. The van der Waals surface area contributed by atoms with Gasteiger partial charge in [0.2, 0.25) is 0 Å². The van der Waals surface area contributed by atoms with Crippen LogP contribution in [0.25, 0.3) is 0 Å². The molecule has 0 amide bonds. The van der Waals surface area contributed by atoms with E-state index in [-0.39, 0.29) is 4.90 Å².